The molecule has 0 spiro atoms. The average molecular weight is 329 g/mol. The topological polar surface area (TPSA) is 76.4 Å². The highest BCUT2D eigenvalue weighted by atomic mass is 16.5. The minimum Gasteiger partial charge on any atom is -0.491 e. The van der Waals surface area contributed by atoms with Gasteiger partial charge in [0.15, 0.2) is 0 Å². The molecule has 2 atom stereocenters. The SMILES string of the molecule is CCC(NC(=O)NC1COc2ccc(C)cc21)c1c(C)noc1C. The Hall–Kier alpha value is -2.50. The first-order chi connectivity index (χ1) is 11.5. The number of nitrogens with zero attached hydrogens (tertiary/aromatic N) is 1. The minimum atomic E-state index is -0.218. The van der Waals surface area contributed by atoms with Crippen molar-refractivity contribution in [3.8, 4) is 5.75 Å². The van der Waals surface area contributed by atoms with Crippen molar-refractivity contribution in [3.05, 3.63) is 46.3 Å². The normalized spacial score (nSPS) is 17.1. The molecule has 24 heavy (non-hydrogen) atoms. The molecule has 2 heterocycles. The van der Waals surface area contributed by atoms with Crippen molar-refractivity contribution in [1.82, 2.24) is 15.8 Å². The Labute approximate surface area is 141 Å². The van der Waals surface area contributed by atoms with Crippen LogP contribution < -0.4 is 15.4 Å². The maximum absolute atomic E-state index is 12.5. The number of urea groups is 1. The first-order valence-electron chi connectivity index (χ1n) is 8.22. The molecule has 6 nitrogen and oxygen atoms in total. The van der Waals surface area contributed by atoms with Crippen molar-refractivity contribution < 1.29 is 14.1 Å². The number of benzene rings is 1. The van der Waals surface area contributed by atoms with Gasteiger partial charge in [0.2, 0.25) is 0 Å². The monoisotopic (exact) mass is 329 g/mol. The van der Waals surface area contributed by atoms with Crippen LogP contribution in [0.25, 0.3) is 0 Å². The molecule has 1 aromatic heterocycles. The van der Waals surface area contributed by atoms with E-state index in [0.717, 1.165) is 40.3 Å². The van der Waals surface area contributed by atoms with Gasteiger partial charge in [-0.1, -0.05) is 29.8 Å². The number of hydrogen-bond donors (Lipinski definition) is 2. The largest absolute Gasteiger partial charge is 0.491 e. The summed E-state index contributed by atoms with van der Waals surface area (Å²) in [6.07, 6.45) is 0.757. The maximum atomic E-state index is 12.5. The first kappa shape index (κ1) is 16.4. The fourth-order valence-corrected chi connectivity index (χ4v) is 3.18. The molecule has 2 N–H and O–H groups in total. The van der Waals surface area contributed by atoms with Gasteiger partial charge < -0.3 is 19.9 Å². The number of amides is 2. The second kappa shape index (κ2) is 6.55. The highest BCUT2D eigenvalue weighted by Crippen LogP contribution is 2.33. The number of nitrogens with one attached hydrogen (secondary N) is 2. The summed E-state index contributed by atoms with van der Waals surface area (Å²) in [5.74, 6) is 1.58. The Morgan fingerprint density at radius 2 is 2.17 bits per heavy atom. The molecule has 2 aromatic rings. The van der Waals surface area contributed by atoms with E-state index in [9.17, 15) is 4.79 Å². The van der Waals surface area contributed by atoms with Crippen LogP contribution >= 0.6 is 0 Å². The number of fused-ring (bicyclic) bond motifs is 1. The van der Waals surface area contributed by atoms with Crippen LogP contribution in [0.2, 0.25) is 0 Å². The van der Waals surface area contributed by atoms with Gasteiger partial charge in [0, 0.05) is 11.1 Å². The van der Waals surface area contributed by atoms with E-state index in [4.69, 9.17) is 9.26 Å². The van der Waals surface area contributed by atoms with Gasteiger partial charge in [-0.25, -0.2) is 4.79 Å². The third-order valence-corrected chi connectivity index (χ3v) is 4.40. The molecule has 0 bridgehead atoms. The molecule has 0 saturated heterocycles. The van der Waals surface area contributed by atoms with Crippen LogP contribution in [0.5, 0.6) is 5.75 Å². The van der Waals surface area contributed by atoms with Crippen molar-refractivity contribution in [2.45, 2.75) is 46.2 Å². The van der Waals surface area contributed by atoms with Crippen LogP contribution in [0.15, 0.2) is 22.7 Å². The van der Waals surface area contributed by atoms with Crippen LogP contribution in [0.4, 0.5) is 4.79 Å². The predicted molar refractivity (Wildman–Crippen MR) is 90.1 cm³/mol. The lowest BCUT2D eigenvalue weighted by atomic mass is 10.0. The van der Waals surface area contributed by atoms with Gasteiger partial charge in [-0.3, -0.25) is 0 Å². The van der Waals surface area contributed by atoms with Crippen LogP contribution in [0.3, 0.4) is 0 Å². The molecule has 0 radical (unpaired) electrons. The molecule has 1 aromatic carbocycles. The van der Waals surface area contributed by atoms with Crippen LogP contribution in [-0.2, 0) is 0 Å². The molecule has 6 heteroatoms. The van der Waals surface area contributed by atoms with E-state index in [-0.39, 0.29) is 18.1 Å². The quantitative estimate of drug-likeness (QED) is 0.900. The second-order valence-electron chi connectivity index (χ2n) is 6.22. The number of carbonyl (C=O) groups excluding carboxylic acids is 1. The summed E-state index contributed by atoms with van der Waals surface area (Å²) < 4.78 is 10.9. The van der Waals surface area contributed by atoms with E-state index in [1.807, 2.05) is 39.8 Å². The van der Waals surface area contributed by atoms with E-state index < -0.39 is 0 Å². The van der Waals surface area contributed by atoms with Crippen molar-refractivity contribution in [2.24, 2.45) is 0 Å². The van der Waals surface area contributed by atoms with Gasteiger partial charge in [0.25, 0.3) is 0 Å². The molecular weight excluding hydrogens is 306 g/mol. The highest BCUT2D eigenvalue weighted by molar-refractivity contribution is 5.75. The molecule has 128 valence electrons. The molecule has 1 aliphatic rings. The van der Waals surface area contributed by atoms with E-state index in [2.05, 4.69) is 21.9 Å². The van der Waals surface area contributed by atoms with Gasteiger partial charge in [-0.05, 0) is 33.3 Å². The average Bonchev–Trinajstić information content (AvgIpc) is 3.09. The van der Waals surface area contributed by atoms with E-state index in [1.54, 1.807) is 0 Å². The number of aromatic nitrogens is 1. The lowest BCUT2D eigenvalue weighted by Crippen LogP contribution is -2.40. The molecule has 0 saturated carbocycles. The smallest absolute Gasteiger partial charge is 0.315 e. The van der Waals surface area contributed by atoms with Crippen molar-refractivity contribution >= 4 is 6.03 Å². The lowest BCUT2D eigenvalue weighted by Gasteiger charge is -2.19. The standard InChI is InChI=1S/C18H23N3O3/c1-5-14(17-11(3)21-24-12(17)4)19-18(22)20-15-9-23-16-7-6-10(2)8-13(15)16/h6-8,14-15H,5,9H2,1-4H3,(H2,19,20,22). The van der Waals surface area contributed by atoms with Gasteiger partial charge in [0.1, 0.15) is 18.1 Å². The summed E-state index contributed by atoms with van der Waals surface area (Å²) in [6, 6.07) is 5.52. The molecule has 2 unspecified atom stereocenters. The van der Waals surface area contributed by atoms with Crippen molar-refractivity contribution in [1.29, 1.82) is 0 Å². The van der Waals surface area contributed by atoms with E-state index in [1.165, 1.54) is 0 Å². The maximum Gasteiger partial charge on any atom is 0.315 e. The van der Waals surface area contributed by atoms with Crippen LogP contribution in [0.1, 0.15) is 53.6 Å². The van der Waals surface area contributed by atoms with Gasteiger partial charge >= 0.3 is 6.03 Å². The summed E-state index contributed by atoms with van der Waals surface area (Å²) in [5, 5.41) is 9.99. The van der Waals surface area contributed by atoms with Gasteiger partial charge in [-0.2, -0.15) is 0 Å². The zero-order chi connectivity index (χ0) is 17.3. The Bertz CT molecular complexity index is 734. The number of rotatable bonds is 4. The molecule has 2 amide bonds. The zero-order valence-corrected chi connectivity index (χ0v) is 14.5. The minimum absolute atomic E-state index is 0.129. The molecule has 1 aliphatic heterocycles. The van der Waals surface area contributed by atoms with E-state index >= 15 is 0 Å². The Kier molecular flexibility index (Phi) is 4.46. The summed E-state index contributed by atoms with van der Waals surface area (Å²) in [4.78, 5) is 12.5. The van der Waals surface area contributed by atoms with Crippen molar-refractivity contribution in [3.63, 3.8) is 0 Å². The molecule has 0 aliphatic carbocycles. The highest BCUT2D eigenvalue weighted by Gasteiger charge is 2.27. The molecule has 0 fully saturated rings. The first-order valence-corrected chi connectivity index (χ1v) is 8.22. The third-order valence-electron chi connectivity index (χ3n) is 4.40. The van der Waals surface area contributed by atoms with Gasteiger partial charge in [-0.15, -0.1) is 0 Å². The summed E-state index contributed by atoms with van der Waals surface area (Å²) in [7, 11) is 0. The van der Waals surface area contributed by atoms with Crippen molar-refractivity contribution in [2.75, 3.05) is 6.61 Å². The Balaban J connectivity index is 1.69. The van der Waals surface area contributed by atoms with Gasteiger partial charge in [0.05, 0.1) is 17.8 Å². The fourth-order valence-electron chi connectivity index (χ4n) is 3.18. The lowest BCUT2D eigenvalue weighted by molar-refractivity contribution is 0.228. The Morgan fingerprint density at radius 3 is 2.83 bits per heavy atom. The number of aryl methyl sites for hydroxylation is 3. The number of hydrogen-bond acceptors (Lipinski definition) is 4. The number of carbonyl (C=O) groups is 1. The fraction of sp³-hybridized carbons (Fsp3) is 0.444. The summed E-state index contributed by atoms with van der Waals surface area (Å²) >= 11 is 0. The zero-order valence-electron chi connectivity index (χ0n) is 14.5. The molecule has 3 rings (SSSR count). The number of ether oxygens (including phenoxy) is 1. The third kappa shape index (κ3) is 3.09. The predicted octanol–water partition coefficient (Wildman–Crippen LogP) is 3.48. The second-order valence-corrected chi connectivity index (χ2v) is 6.22. The summed E-state index contributed by atoms with van der Waals surface area (Å²) in [5.41, 5.74) is 3.93. The molecular formula is C18H23N3O3. The Morgan fingerprint density at radius 1 is 1.38 bits per heavy atom. The van der Waals surface area contributed by atoms with Crippen LogP contribution in [0, 0.1) is 20.8 Å². The van der Waals surface area contributed by atoms with Crippen LogP contribution in [-0.4, -0.2) is 17.8 Å². The van der Waals surface area contributed by atoms with E-state index in [0.29, 0.717) is 6.61 Å². The summed E-state index contributed by atoms with van der Waals surface area (Å²) in [6.45, 7) is 8.25.